The van der Waals surface area contributed by atoms with Gasteiger partial charge in [-0.25, -0.2) is 0 Å². The standard InChI is InChI=1S/C28H22N4O3S2/c33-25-18-24(31-32(25)21-10-5-2-6-11-21)30-28(35)26(19-8-3-1-4-9-19)37-22-15-13-20(14-16-22)29-27(34)23-12-7-17-36-23/h1-17,26H,18H2,(H,29,34)(H,30,31,35). The Morgan fingerprint density at radius 1 is 0.865 bits per heavy atom. The third kappa shape index (κ3) is 5.96. The van der Waals surface area contributed by atoms with Crippen LogP contribution in [-0.2, 0) is 9.59 Å². The number of thiophene rings is 1. The van der Waals surface area contributed by atoms with Gasteiger partial charge in [0.25, 0.3) is 11.8 Å². The lowest BCUT2D eigenvalue weighted by Crippen LogP contribution is -2.33. The molecule has 5 rings (SSSR count). The quantitative estimate of drug-likeness (QED) is 0.302. The summed E-state index contributed by atoms with van der Waals surface area (Å²) in [7, 11) is 0. The topological polar surface area (TPSA) is 90.9 Å². The van der Waals surface area contributed by atoms with Crippen LogP contribution < -0.4 is 15.6 Å². The first kappa shape index (κ1) is 24.5. The molecule has 0 bridgehead atoms. The molecule has 1 atom stereocenters. The second-order valence-electron chi connectivity index (χ2n) is 8.12. The number of hydrogen-bond acceptors (Lipinski definition) is 6. The van der Waals surface area contributed by atoms with E-state index in [2.05, 4.69) is 15.7 Å². The Morgan fingerprint density at radius 2 is 1.57 bits per heavy atom. The summed E-state index contributed by atoms with van der Waals surface area (Å²) in [5.41, 5.74) is 2.14. The predicted molar refractivity (Wildman–Crippen MR) is 148 cm³/mol. The Kier molecular flexibility index (Phi) is 7.43. The zero-order chi connectivity index (χ0) is 25.6. The number of hydrazone groups is 1. The number of benzene rings is 3. The Morgan fingerprint density at radius 3 is 2.24 bits per heavy atom. The van der Waals surface area contributed by atoms with Gasteiger partial charge in [-0.15, -0.1) is 23.1 Å². The minimum Gasteiger partial charge on any atom is -0.321 e. The molecule has 0 fully saturated rings. The van der Waals surface area contributed by atoms with E-state index in [0.29, 0.717) is 22.1 Å². The van der Waals surface area contributed by atoms with Crippen LogP contribution in [-0.4, -0.2) is 23.6 Å². The number of nitrogens with zero attached hydrogens (tertiary/aromatic N) is 2. The zero-order valence-corrected chi connectivity index (χ0v) is 21.2. The normalized spacial score (nSPS) is 13.7. The number of thioether (sulfide) groups is 1. The first-order valence-electron chi connectivity index (χ1n) is 11.5. The van der Waals surface area contributed by atoms with E-state index in [0.717, 1.165) is 10.5 Å². The van der Waals surface area contributed by atoms with Gasteiger partial charge in [-0.05, 0) is 53.4 Å². The van der Waals surface area contributed by atoms with Crippen LogP contribution in [0.15, 0.2) is 112 Å². The molecule has 2 N–H and O–H groups in total. The molecule has 184 valence electrons. The molecule has 0 saturated carbocycles. The molecule has 7 nitrogen and oxygen atoms in total. The van der Waals surface area contributed by atoms with Crippen LogP contribution in [0.3, 0.4) is 0 Å². The molecule has 1 aliphatic rings. The lowest BCUT2D eigenvalue weighted by Gasteiger charge is -2.17. The molecule has 0 aliphatic carbocycles. The number of anilines is 2. The fraction of sp³-hybridized carbons (Fsp3) is 0.0714. The second-order valence-corrected chi connectivity index (χ2v) is 10.2. The number of carbonyl (C=O) groups excluding carboxylic acids is 3. The van der Waals surface area contributed by atoms with Crippen molar-refractivity contribution in [3.63, 3.8) is 0 Å². The van der Waals surface area contributed by atoms with Crippen molar-refractivity contribution in [3.05, 3.63) is 113 Å². The predicted octanol–water partition coefficient (Wildman–Crippen LogP) is 5.70. The van der Waals surface area contributed by atoms with Gasteiger partial charge in [0.05, 0.1) is 17.0 Å². The van der Waals surface area contributed by atoms with E-state index in [1.165, 1.54) is 28.1 Å². The zero-order valence-electron chi connectivity index (χ0n) is 19.5. The highest BCUT2D eigenvalue weighted by Gasteiger charge is 2.29. The van der Waals surface area contributed by atoms with Gasteiger partial charge in [0.2, 0.25) is 5.91 Å². The highest BCUT2D eigenvalue weighted by atomic mass is 32.2. The molecule has 0 spiro atoms. The van der Waals surface area contributed by atoms with Crippen LogP contribution in [0.4, 0.5) is 11.4 Å². The van der Waals surface area contributed by atoms with Gasteiger partial charge >= 0.3 is 0 Å². The van der Waals surface area contributed by atoms with Crippen LogP contribution in [0.2, 0.25) is 0 Å². The van der Waals surface area contributed by atoms with Crippen molar-refractivity contribution in [2.75, 3.05) is 10.3 Å². The average Bonchev–Trinajstić information content (AvgIpc) is 3.59. The van der Waals surface area contributed by atoms with Crippen LogP contribution in [0, 0.1) is 0 Å². The third-order valence-corrected chi connectivity index (χ3v) is 7.63. The summed E-state index contributed by atoms with van der Waals surface area (Å²) in [6.45, 7) is 0. The number of para-hydroxylation sites is 1. The molecule has 9 heteroatoms. The van der Waals surface area contributed by atoms with Crippen molar-refractivity contribution >= 4 is 58.0 Å². The number of hydrogen-bond donors (Lipinski definition) is 2. The van der Waals surface area contributed by atoms with E-state index in [1.54, 1.807) is 18.2 Å². The van der Waals surface area contributed by atoms with Crippen molar-refractivity contribution in [1.29, 1.82) is 0 Å². The largest absolute Gasteiger partial charge is 0.321 e. The summed E-state index contributed by atoms with van der Waals surface area (Å²) >= 11 is 2.76. The van der Waals surface area contributed by atoms with Crippen LogP contribution in [0.1, 0.15) is 26.9 Å². The fourth-order valence-corrected chi connectivity index (χ4v) is 5.38. The molecular weight excluding hydrogens is 504 g/mol. The Bertz CT molecular complexity index is 1420. The van der Waals surface area contributed by atoms with Gasteiger partial charge in [0.15, 0.2) is 0 Å². The van der Waals surface area contributed by atoms with Crippen molar-refractivity contribution < 1.29 is 14.4 Å². The van der Waals surface area contributed by atoms with Gasteiger partial charge < -0.3 is 10.6 Å². The molecule has 3 aromatic carbocycles. The maximum Gasteiger partial charge on any atom is 0.265 e. The average molecular weight is 527 g/mol. The molecule has 3 amide bonds. The van der Waals surface area contributed by atoms with Gasteiger partial charge in [0, 0.05) is 10.6 Å². The number of rotatable bonds is 7. The van der Waals surface area contributed by atoms with Gasteiger partial charge in [-0.2, -0.15) is 10.1 Å². The highest BCUT2D eigenvalue weighted by molar-refractivity contribution is 8.00. The fourth-order valence-electron chi connectivity index (χ4n) is 3.73. The van der Waals surface area contributed by atoms with E-state index < -0.39 is 5.25 Å². The Labute approximate surface area is 222 Å². The number of carbonyl (C=O) groups is 3. The smallest absolute Gasteiger partial charge is 0.265 e. The summed E-state index contributed by atoms with van der Waals surface area (Å²) in [4.78, 5) is 39.7. The minimum atomic E-state index is -0.573. The summed E-state index contributed by atoms with van der Waals surface area (Å²) in [5, 5.41) is 12.7. The van der Waals surface area contributed by atoms with Gasteiger partial charge in [-0.3, -0.25) is 14.4 Å². The Hall–Kier alpha value is -4.21. The van der Waals surface area contributed by atoms with E-state index in [-0.39, 0.29) is 24.1 Å². The highest BCUT2D eigenvalue weighted by Crippen LogP contribution is 2.36. The molecule has 0 saturated heterocycles. The van der Waals surface area contributed by atoms with E-state index in [4.69, 9.17) is 0 Å². The summed E-state index contributed by atoms with van der Waals surface area (Å²) in [6.07, 6.45) is 0.0193. The first-order valence-corrected chi connectivity index (χ1v) is 13.3. The number of nitrogens with one attached hydrogen (secondary N) is 2. The van der Waals surface area contributed by atoms with E-state index in [1.807, 2.05) is 84.2 Å². The van der Waals surface area contributed by atoms with Gasteiger partial charge in [0.1, 0.15) is 11.1 Å². The summed E-state index contributed by atoms with van der Waals surface area (Å²) in [6, 6.07) is 29.5. The molecule has 1 aromatic heterocycles. The maximum atomic E-state index is 13.4. The van der Waals surface area contributed by atoms with E-state index >= 15 is 0 Å². The SMILES string of the molecule is O=C(Nc1ccc(SC(C(=O)NC2=NN(c3ccccc3)C(=O)C2)c2ccccc2)cc1)c1cccs1. The first-order chi connectivity index (χ1) is 18.1. The molecular formula is C28H22N4O3S2. The van der Waals surface area contributed by atoms with Crippen LogP contribution in [0.5, 0.6) is 0 Å². The second kappa shape index (κ2) is 11.2. The van der Waals surface area contributed by atoms with Crippen molar-refractivity contribution in [1.82, 2.24) is 5.32 Å². The van der Waals surface area contributed by atoms with Crippen molar-refractivity contribution in [2.24, 2.45) is 5.10 Å². The van der Waals surface area contributed by atoms with Crippen LogP contribution >= 0.6 is 23.1 Å². The molecule has 37 heavy (non-hydrogen) atoms. The summed E-state index contributed by atoms with van der Waals surface area (Å²) in [5.74, 6) is -0.321. The maximum absolute atomic E-state index is 13.4. The number of amidine groups is 1. The lowest BCUT2D eigenvalue weighted by atomic mass is 10.1. The van der Waals surface area contributed by atoms with E-state index in [9.17, 15) is 14.4 Å². The molecule has 4 aromatic rings. The summed E-state index contributed by atoms with van der Waals surface area (Å²) < 4.78 is 0. The minimum absolute atomic E-state index is 0.0193. The van der Waals surface area contributed by atoms with Gasteiger partial charge in [-0.1, -0.05) is 54.6 Å². The lowest BCUT2D eigenvalue weighted by molar-refractivity contribution is -0.119. The molecule has 1 unspecified atom stereocenters. The molecule has 0 radical (unpaired) electrons. The van der Waals surface area contributed by atoms with Crippen molar-refractivity contribution in [2.45, 2.75) is 16.6 Å². The molecule has 2 heterocycles. The van der Waals surface area contributed by atoms with Crippen LogP contribution in [0.25, 0.3) is 0 Å². The third-order valence-electron chi connectivity index (χ3n) is 5.50. The van der Waals surface area contributed by atoms with Crippen molar-refractivity contribution in [3.8, 4) is 0 Å². The monoisotopic (exact) mass is 526 g/mol. The number of amides is 3. The molecule has 1 aliphatic heterocycles. The Balaban J connectivity index is 1.30.